The normalized spacial score (nSPS) is 14.1. The molecule has 4 aromatic carbocycles. The summed E-state index contributed by atoms with van der Waals surface area (Å²) in [6.45, 7) is 0. The summed E-state index contributed by atoms with van der Waals surface area (Å²) in [6.07, 6.45) is 1.56. The molecule has 0 aliphatic carbocycles. The van der Waals surface area contributed by atoms with Crippen molar-refractivity contribution in [2.24, 2.45) is 0 Å². The molecule has 0 radical (unpaired) electrons. The maximum absolute atomic E-state index is 15.1. The zero-order valence-corrected chi connectivity index (χ0v) is 25.1. The number of benzene rings is 4. The molecule has 194 valence electrons. The van der Waals surface area contributed by atoms with Crippen LogP contribution in [0.4, 0.5) is 4.39 Å². The van der Waals surface area contributed by atoms with Gasteiger partial charge in [-0.05, 0) is 85.0 Å². The van der Waals surface area contributed by atoms with Gasteiger partial charge in [0.2, 0.25) is 5.78 Å². The van der Waals surface area contributed by atoms with Crippen LogP contribution in [0, 0.1) is 5.82 Å². The number of Topliss-reactive ketones (excluding diaryl/α,β-unsaturated/α-hetero) is 1. The van der Waals surface area contributed by atoms with Gasteiger partial charge >= 0.3 is 5.97 Å². The Kier molecular flexibility index (Phi) is 7.98. The van der Waals surface area contributed by atoms with Crippen LogP contribution < -0.4 is 4.74 Å². The highest BCUT2D eigenvalue weighted by atomic mass is 79.9. The molecule has 0 N–H and O–H groups in total. The molecular weight excluding hydrogens is 695 g/mol. The van der Waals surface area contributed by atoms with E-state index in [0.29, 0.717) is 37.0 Å². The summed E-state index contributed by atoms with van der Waals surface area (Å²) in [5.74, 6) is -1.05. The molecule has 5 rings (SSSR count). The number of cyclic esters (lactones) is 1. The van der Waals surface area contributed by atoms with Crippen LogP contribution in [0.25, 0.3) is 22.8 Å². The molecule has 0 unspecified atom stereocenters. The number of carbonyl (C=O) groups excluding carboxylic acids is 2. The molecule has 0 bridgehead atoms. The highest BCUT2D eigenvalue weighted by molar-refractivity contribution is 9.11. The molecule has 1 heterocycles. The second-order valence-electron chi connectivity index (χ2n) is 8.56. The largest absolute Gasteiger partial charge is 0.494 e. The third kappa shape index (κ3) is 5.55. The van der Waals surface area contributed by atoms with Gasteiger partial charge in [0.1, 0.15) is 22.9 Å². The lowest BCUT2D eigenvalue weighted by atomic mass is 9.93. The number of hydrogen-bond acceptors (Lipinski definition) is 4. The average Bonchev–Trinajstić information content (AvgIpc) is 3.24. The lowest BCUT2D eigenvalue weighted by Crippen LogP contribution is -2.11. The Morgan fingerprint density at radius 3 is 2.15 bits per heavy atom. The van der Waals surface area contributed by atoms with Gasteiger partial charge in [-0.3, -0.25) is 4.79 Å². The summed E-state index contributed by atoms with van der Waals surface area (Å²) >= 11 is 10.2. The lowest BCUT2D eigenvalue weighted by Gasteiger charge is -2.10. The predicted molar refractivity (Wildman–Crippen MR) is 160 cm³/mol. The van der Waals surface area contributed by atoms with Crippen LogP contribution in [0.2, 0.25) is 0 Å². The average molecular weight is 713 g/mol. The van der Waals surface area contributed by atoms with Crippen molar-refractivity contribution in [3.8, 4) is 16.9 Å². The smallest absolute Gasteiger partial charge is 0.348 e. The maximum atomic E-state index is 15.1. The first-order valence-electron chi connectivity index (χ1n) is 11.6. The van der Waals surface area contributed by atoms with Crippen LogP contribution >= 0.6 is 47.8 Å². The Labute approximate surface area is 249 Å². The first kappa shape index (κ1) is 27.2. The van der Waals surface area contributed by atoms with E-state index in [1.54, 1.807) is 54.6 Å². The third-order valence-corrected chi connectivity index (χ3v) is 7.81. The van der Waals surface area contributed by atoms with E-state index in [1.165, 1.54) is 13.2 Å². The van der Waals surface area contributed by atoms with Gasteiger partial charge in [0, 0.05) is 21.2 Å². The van der Waals surface area contributed by atoms with E-state index in [1.807, 2.05) is 30.3 Å². The fraction of sp³-hybridized carbons (Fsp3) is 0.0323. The number of esters is 1. The van der Waals surface area contributed by atoms with Gasteiger partial charge in [-0.2, -0.15) is 0 Å². The Morgan fingerprint density at radius 1 is 0.872 bits per heavy atom. The van der Waals surface area contributed by atoms with E-state index < -0.39 is 17.6 Å². The Balaban J connectivity index is 1.63. The van der Waals surface area contributed by atoms with Crippen LogP contribution in [0.1, 0.15) is 21.5 Å². The highest BCUT2D eigenvalue weighted by Crippen LogP contribution is 2.40. The summed E-state index contributed by atoms with van der Waals surface area (Å²) in [4.78, 5) is 26.9. The van der Waals surface area contributed by atoms with Crippen molar-refractivity contribution >= 4 is 71.2 Å². The molecule has 1 aliphatic rings. The number of allylic oxidation sites excluding steroid dienone is 1. The Hall–Kier alpha value is -3.33. The Morgan fingerprint density at radius 2 is 1.54 bits per heavy atom. The van der Waals surface area contributed by atoms with E-state index >= 15 is 4.39 Å². The van der Waals surface area contributed by atoms with Crippen molar-refractivity contribution in [3.63, 3.8) is 0 Å². The third-order valence-electron chi connectivity index (χ3n) is 6.10. The van der Waals surface area contributed by atoms with E-state index in [-0.39, 0.29) is 16.9 Å². The summed E-state index contributed by atoms with van der Waals surface area (Å²) in [5.41, 5.74) is 2.76. The molecular formula is C31H18Br3FO4. The molecule has 4 aromatic rings. The number of halogens is 4. The lowest BCUT2D eigenvalue weighted by molar-refractivity contribution is -0.132. The molecule has 0 amide bonds. The second-order valence-corrected chi connectivity index (χ2v) is 11.2. The van der Waals surface area contributed by atoms with Gasteiger partial charge in [-0.15, -0.1) is 0 Å². The molecule has 0 fully saturated rings. The number of hydrogen-bond donors (Lipinski definition) is 0. The zero-order chi connectivity index (χ0) is 27.7. The number of ketones is 1. The molecule has 39 heavy (non-hydrogen) atoms. The number of methoxy groups -OCH3 is 1. The van der Waals surface area contributed by atoms with Gasteiger partial charge in [0.25, 0.3) is 0 Å². The molecule has 0 saturated heterocycles. The number of ether oxygens (including phenoxy) is 2. The molecule has 0 aromatic heterocycles. The van der Waals surface area contributed by atoms with E-state index in [0.717, 1.165) is 10.0 Å². The van der Waals surface area contributed by atoms with Crippen LogP contribution in [0.15, 0.2) is 110 Å². The van der Waals surface area contributed by atoms with Crippen LogP contribution in [0.5, 0.6) is 5.75 Å². The van der Waals surface area contributed by atoms with Crippen molar-refractivity contribution in [2.75, 3.05) is 7.11 Å². The molecule has 8 heteroatoms. The van der Waals surface area contributed by atoms with Gasteiger partial charge in [-0.1, -0.05) is 70.5 Å². The fourth-order valence-corrected chi connectivity index (χ4v) is 6.07. The van der Waals surface area contributed by atoms with Crippen LogP contribution in [-0.4, -0.2) is 18.9 Å². The van der Waals surface area contributed by atoms with Crippen molar-refractivity contribution in [2.45, 2.75) is 0 Å². The monoisotopic (exact) mass is 710 g/mol. The van der Waals surface area contributed by atoms with Crippen LogP contribution in [0.3, 0.4) is 0 Å². The first-order valence-corrected chi connectivity index (χ1v) is 14.0. The first-order chi connectivity index (χ1) is 18.8. The number of carbonyl (C=O) groups is 2. The number of rotatable bonds is 6. The van der Waals surface area contributed by atoms with E-state index in [9.17, 15) is 9.59 Å². The second kappa shape index (κ2) is 11.4. The van der Waals surface area contributed by atoms with Crippen LogP contribution in [-0.2, 0) is 9.53 Å². The Bertz CT molecular complexity index is 1650. The van der Waals surface area contributed by atoms with Crippen molar-refractivity contribution in [3.05, 3.63) is 132 Å². The van der Waals surface area contributed by atoms with Gasteiger partial charge in [-0.25, -0.2) is 9.18 Å². The van der Waals surface area contributed by atoms with Gasteiger partial charge in [0.05, 0.1) is 16.1 Å². The molecule has 1 aliphatic heterocycles. The highest BCUT2D eigenvalue weighted by Gasteiger charge is 2.36. The molecule has 4 nitrogen and oxygen atoms in total. The molecule has 0 atom stereocenters. The van der Waals surface area contributed by atoms with Gasteiger partial charge in [0.15, 0.2) is 0 Å². The van der Waals surface area contributed by atoms with Crippen molar-refractivity contribution in [1.29, 1.82) is 0 Å². The summed E-state index contributed by atoms with van der Waals surface area (Å²) < 4.78 is 28.0. The van der Waals surface area contributed by atoms with E-state index in [2.05, 4.69) is 47.8 Å². The zero-order valence-electron chi connectivity index (χ0n) is 20.3. The fourth-order valence-electron chi connectivity index (χ4n) is 4.29. The topological polar surface area (TPSA) is 52.6 Å². The minimum atomic E-state index is -0.784. The standard InChI is InChI=1S/C31H18Br3FO4/c1-38-30-23(33)15-20(16-24(30)34)29(36)28-27(19-8-10-21(32)11-9-19)26(39-31(28)37)14-17-7-12-22(25(35)13-17)18-5-3-2-4-6-18/h2-16H,1H3/b26-14-. The quantitative estimate of drug-likeness (QED) is 0.114. The van der Waals surface area contributed by atoms with E-state index in [4.69, 9.17) is 9.47 Å². The predicted octanol–water partition coefficient (Wildman–Crippen LogP) is 9.02. The minimum absolute atomic E-state index is 0.117. The molecule has 0 saturated carbocycles. The van der Waals surface area contributed by atoms with Crippen molar-refractivity contribution in [1.82, 2.24) is 0 Å². The van der Waals surface area contributed by atoms with Crippen molar-refractivity contribution < 1.29 is 23.5 Å². The van der Waals surface area contributed by atoms with Gasteiger partial charge < -0.3 is 9.47 Å². The minimum Gasteiger partial charge on any atom is -0.494 e. The summed E-state index contributed by atoms with van der Waals surface area (Å²) in [6, 6.07) is 24.4. The summed E-state index contributed by atoms with van der Waals surface area (Å²) in [7, 11) is 1.52. The molecule has 0 spiro atoms. The maximum Gasteiger partial charge on any atom is 0.348 e. The SMILES string of the molecule is COc1c(Br)cc(C(=O)C2=C(c3ccc(Br)cc3)/C(=C/c3ccc(-c4ccccc4)c(F)c3)OC2=O)cc1Br. The summed E-state index contributed by atoms with van der Waals surface area (Å²) in [5, 5.41) is 0.